The summed E-state index contributed by atoms with van der Waals surface area (Å²) in [7, 11) is -3.65. The Balaban J connectivity index is 2.31. The lowest BCUT2D eigenvalue weighted by Crippen LogP contribution is -2.26. The van der Waals surface area contributed by atoms with E-state index < -0.39 is 14.8 Å². The second kappa shape index (κ2) is 6.70. The Morgan fingerprint density at radius 3 is 2.42 bits per heavy atom. The largest absolute Gasteiger partial charge is 0.371 e. The molecule has 0 radical (unpaired) electrons. The minimum absolute atomic E-state index is 0.207. The zero-order valence-electron chi connectivity index (χ0n) is 14.8. The highest BCUT2D eigenvalue weighted by atomic mass is 32.2. The summed E-state index contributed by atoms with van der Waals surface area (Å²) >= 11 is 0. The van der Waals surface area contributed by atoms with Crippen LogP contribution in [-0.2, 0) is 9.84 Å². The molecule has 0 N–H and O–H groups in total. The van der Waals surface area contributed by atoms with Crippen molar-refractivity contribution in [3.8, 4) is 0 Å². The Morgan fingerprint density at radius 2 is 1.88 bits per heavy atom. The molecule has 1 unspecified atom stereocenters. The van der Waals surface area contributed by atoms with Crippen molar-refractivity contribution in [2.75, 3.05) is 24.2 Å². The molecule has 0 amide bonds. The van der Waals surface area contributed by atoms with Gasteiger partial charge in [-0.1, -0.05) is 20.8 Å². The molecule has 1 aromatic rings. The van der Waals surface area contributed by atoms with E-state index in [9.17, 15) is 18.5 Å². The van der Waals surface area contributed by atoms with E-state index in [-0.39, 0.29) is 16.0 Å². The molecule has 1 fully saturated rings. The first-order valence-electron chi connectivity index (χ1n) is 8.23. The van der Waals surface area contributed by atoms with Gasteiger partial charge in [0.05, 0.1) is 4.92 Å². The van der Waals surface area contributed by atoms with Crippen LogP contribution in [0.25, 0.3) is 0 Å². The Labute approximate surface area is 143 Å². The second-order valence-corrected chi connectivity index (χ2v) is 9.65. The van der Waals surface area contributed by atoms with E-state index >= 15 is 0 Å². The highest BCUT2D eigenvalue weighted by Crippen LogP contribution is 2.36. The lowest BCUT2D eigenvalue weighted by atomic mass is 9.77. The Morgan fingerprint density at radius 1 is 1.21 bits per heavy atom. The van der Waals surface area contributed by atoms with Crippen LogP contribution in [-0.4, -0.2) is 32.7 Å². The van der Waals surface area contributed by atoms with Gasteiger partial charge in [-0.25, -0.2) is 8.42 Å². The zero-order chi connectivity index (χ0) is 18.1. The summed E-state index contributed by atoms with van der Waals surface area (Å²) < 4.78 is 23.8. The molecule has 1 heterocycles. The third-order valence-electron chi connectivity index (χ3n) is 4.86. The predicted octanol–water partition coefficient (Wildman–Crippen LogP) is 3.65. The van der Waals surface area contributed by atoms with Crippen molar-refractivity contribution in [3.63, 3.8) is 0 Å². The minimum Gasteiger partial charge on any atom is -0.371 e. The molecule has 1 aliphatic rings. The summed E-state index contributed by atoms with van der Waals surface area (Å²) in [5.74, 6) is 0.620. The smallest absolute Gasteiger partial charge is 0.288 e. The van der Waals surface area contributed by atoms with Gasteiger partial charge in [0.1, 0.15) is 4.90 Å². The summed E-state index contributed by atoms with van der Waals surface area (Å²) in [4.78, 5) is 12.4. The third kappa shape index (κ3) is 4.26. The van der Waals surface area contributed by atoms with E-state index in [2.05, 4.69) is 25.7 Å². The molecule has 1 saturated heterocycles. The van der Waals surface area contributed by atoms with Crippen molar-refractivity contribution in [1.29, 1.82) is 0 Å². The summed E-state index contributed by atoms with van der Waals surface area (Å²) in [5, 5.41) is 11.1. The van der Waals surface area contributed by atoms with Crippen LogP contribution >= 0.6 is 0 Å². The summed E-state index contributed by atoms with van der Waals surface area (Å²) in [6.07, 6.45) is 4.23. The van der Waals surface area contributed by atoms with E-state index in [4.69, 9.17) is 0 Å². The van der Waals surface area contributed by atoms with Crippen molar-refractivity contribution < 1.29 is 13.3 Å². The Hall–Kier alpha value is -1.63. The zero-order valence-corrected chi connectivity index (χ0v) is 15.6. The van der Waals surface area contributed by atoms with E-state index in [0.717, 1.165) is 44.3 Å². The molecule has 24 heavy (non-hydrogen) atoms. The summed E-state index contributed by atoms with van der Waals surface area (Å²) in [6, 6.07) is 4.41. The molecule has 7 heteroatoms. The quantitative estimate of drug-likeness (QED) is 0.611. The molecule has 0 aliphatic carbocycles. The van der Waals surface area contributed by atoms with E-state index in [1.807, 2.05) is 0 Å². The average Bonchev–Trinajstić information content (AvgIpc) is 2.71. The van der Waals surface area contributed by atoms with Gasteiger partial charge in [0, 0.05) is 31.1 Å². The monoisotopic (exact) mass is 354 g/mol. The Bertz CT molecular complexity index is 723. The number of nitro benzene ring substituents is 1. The molecule has 6 nitrogen and oxygen atoms in total. The number of hydrogen-bond donors (Lipinski definition) is 0. The first kappa shape index (κ1) is 18.7. The fourth-order valence-electron chi connectivity index (χ4n) is 3.37. The first-order chi connectivity index (χ1) is 11.0. The maximum atomic E-state index is 11.9. The Kier molecular flexibility index (Phi) is 5.22. The molecule has 1 aliphatic heterocycles. The highest BCUT2D eigenvalue weighted by Gasteiger charge is 2.28. The van der Waals surface area contributed by atoms with Crippen molar-refractivity contribution in [2.45, 2.75) is 44.9 Å². The molecule has 1 aromatic carbocycles. The number of anilines is 1. The number of sulfone groups is 1. The molecule has 1 atom stereocenters. The maximum absolute atomic E-state index is 11.9. The number of benzene rings is 1. The van der Waals surface area contributed by atoms with Crippen molar-refractivity contribution in [2.24, 2.45) is 11.3 Å². The van der Waals surface area contributed by atoms with Crippen LogP contribution in [0.3, 0.4) is 0 Å². The van der Waals surface area contributed by atoms with Gasteiger partial charge >= 0.3 is 0 Å². The summed E-state index contributed by atoms with van der Waals surface area (Å²) in [5.41, 5.74) is 0.642. The van der Waals surface area contributed by atoms with Gasteiger partial charge in [-0.2, -0.15) is 0 Å². The standard InChI is InChI=1S/C17H26N2O4S/c1-17(2,3)13-6-5-10-18(11-9-13)14-7-8-15(19(20)21)16(12-14)24(4,22)23/h7-8,12-13H,5-6,9-11H2,1-4H3. The first-order valence-corrected chi connectivity index (χ1v) is 10.1. The van der Waals surface area contributed by atoms with Crippen LogP contribution in [0.5, 0.6) is 0 Å². The van der Waals surface area contributed by atoms with Crippen molar-refractivity contribution in [1.82, 2.24) is 0 Å². The molecular weight excluding hydrogens is 328 g/mol. The van der Waals surface area contributed by atoms with Crippen LogP contribution in [0, 0.1) is 21.4 Å². The van der Waals surface area contributed by atoms with Gasteiger partial charge in [0.25, 0.3) is 5.69 Å². The fraction of sp³-hybridized carbons (Fsp3) is 0.647. The van der Waals surface area contributed by atoms with Gasteiger partial charge in [0.2, 0.25) is 0 Å². The normalized spacial score (nSPS) is 19.8. The molecule has 0 bridgehead atoms. The number of hydrogen-bond acceptors (Lipinski definition) is 5. The SMILES string of the molecule is CC(C)(C)C1CCCN(c2ccc([N+](=O)[O-])c(S(C)(=O)=O)c2)CC1. The van der Waals surface area contributed by atoms with Crippen LogP contribution in [0.1, 0.15) is 40.0 Å². The maximum Gasteiger partial charge on any atom is 0.288 e. The third-order valence-corrected chi connectivity index (χ3v) is 5.98. The lowest BCUT2D eigenvalue weighted by molar-refractivity contribution is -0.387. The van der Waals surface area contributed by atoms with Crippen LogP contribution < -0.4 is 4.90 Å². The predicted molar refractivity (Wildman–Crippen MR) is 95.2 cm³/mol. The summed E-state index contributed by atoms with van der Waals surface area (Å²) in [6.45, 7) is 8.43. The van der Waals surface area contributed by atoms with Crippen LogP contribution in [0.15, 0.2) is 23.1 Å². The molecule has 0 aromatic heterocycles. The highest BCUT2D eigenvalue weighted by molar-refractivity contribution is 7.90. The lowest BCUT2D eigenvalue weighted by Gasteiger charge is -2.30. The van der Waals surface area contributed by atoms with Gasteiger partial charge in [-0.3, -0.25) is 10.1 Å². The van der Waals surface area contributed by atoms with Gasteiger partial charge < -0.3 is 4.90 Å². The average molecular weight is 354 g/mol. The van der Waals surface area contributed by atoms with E-state index in [1.165, 1.54) is 12.1 Å². The molecular formula is C17H26N2O4S. The fourth-order valence-corrected chi connectivity index (χ4v) is 4.23. The van der Waals surface area contributed by atoms with Crippen LogP contribution in [0.2, 0.25) is 0 Å². The van der Waals surface area contributed by atoms with Crippen LogP contribution in [0.4, 0.5) is 11.4 Å². The topological polar surface area (TPSA) is 80.5 Å². The number of nitrogens with zero attached hydrogens (tertiary/aromatic N) is 2. The number of nitro groups is 1. The second-order valence-electron chi connectivity index (χ2n) is 7.66. The minimum atomic E-state index is -3.65. The van der Waals surface area contributed by atoms with Gasteiger partial charge in [-0.05, 0) is 42.7 Å². The van der Waals surface area contributed by atoms with Gasteiger partial charge in [0.15, 0.2) is 9.84 Å². The molecule has 0 spiro atoms. The van der Waals surface area contributed by atoms with Crippen molar-refractivity contribution in [3.05, 3.63) is 28.3 Å². The number of rotatable bonds is 3. The molecule has 2 rings (SSSR count). The van der Waals surface area contributed by atoms with Gasteiger partial charge in [-0.15, -0.1) is 0 Å². The molecule has 134 valence electrons. The van der Waals surface area contributed by atoms with E-state index in [0.29, 0.717) is 5.92 Å². The molecule has 0 saturated carbocycles. The van der Waals surface area contributed by atoms with E-state index in [1.54, 1.807) is 6.07 Å². The van der Waals surface area contributed by atoms with Crippen molar-refractivity contribution >= 4 is 21.2 Å².